The minimum atomic E-state index is 0.0483. The lowest BCUT2D eigenvalue weighted by Gasteiger charge is -2.15. The van der Waals surface area contributed by atoms with Gasteiger partial charge in [-0.3, -0.25) is 0 Å². The highest BCUT2D eigenvalue weighted by atomic mass is 16.5. The molecule has 0 spiro atoms. The van der Waals surface area contributed by atoms with Gasteiger partial charge in [-0.1, -0.05) is 6.07 Å². The predicted octanol–water partition coefficient (Wildman–Crippen LogP) is 1.66. The summed E-state index contributed by atoms with van der Waals surface area (Å²) in [6, 6.07) is 5.97. The highest BCUT2D eigenvalue weighted by Gasteiger charge is 2.18. The third-order valence-electron chi connectivity index (χ3n) is 3.26. The molecule has 0 amide bonds. The lowest BCUT2D eigenvalue weighted by Crippen LogP contribution is -2.15. The number of H-pyrrole nitrogens is 1. The van der Waals surface area contributed by atoms with Gasteiger partial charge in [-0.15, -0.1) is 0 Å². The third kappa shape index (κ3) is 2.42. The van der Waals surface area contributed by atoms with Crippen molar-refractivity contribution in [3.8, 4) is 11.5 Å². The van der Waals surface area contributed by atoms with Crippen LogP contribution in [0.4, 0.5) is 0 Å². The first-order valence-corrected chi connectivity index (χ1v) is 6.47. The van der Waals surface area contributed by atoms with Gasteiger partial charge in [-0.2, -0.15) is 0 Å². The Morgan fingerprint density at radius 3 is 2.84 bits per heavy atom. The summed E-state index contributed by atoms with van der Waals surface area (Å²) < 4.78 is 11.3. The van der Waals surface area contributed by atoms with Crippen LogP contribution in [0.5, 0.6) is 11.5 Å². The Morgan fingerprint density at radius 2 is 2.11 bits per heavy atom. The van der Waals surface area contributed by atoms with Crippen molar-refractivity contribution in [1.29, 1.82) is 0 Å². The zero-order valence-electron chi connectivity index (χ0n) is 10.6. The molecule has 5 nitrogen and oxygen atoms in total. The maximum Gasteiger partial charge on any atom is 0.161 e. The number of nitrogens with zero attached hydrogens (tertiary/aromatic N) is 1. The number of nitrogens with one attached hydrogen (secondary N) is 1. The molecular formula is C14H17N3O2. The van der Waals surface area contributed by atoms with Gasteiger partial charge in [-0.05, 0) is 17.7 Å². The number of hydrogen-bond acceptors (Lipinski definition) is 4. The van der Waals surface area contributed by atoms with Crippen molar-refractivity contribution in [1.82, 2.24) is 9.97 Å². The molecule has 0 saturated carbocycles. The number of hydrogen-bond donors (Lipinski definition) is 2. The molecule has 0 radical (unpaired) electrons. The monoisotopic (exact) mass is 259 g/mol. The van der Waals surface area contributed by atoms with Crippen LogP contribution in [0.2, 0.25) is 0 Å². The molecule has 1 aliphatic heterocycles. The summed E-state index contributed by atoms with van der Waals surface area (Å²) >= 11 is 0. The molecule has 2 heterocycles. The van der Waals surface area contributed by atoms with Crippen LogP contribution in [0.1, 0.15) is 23.7 Å². The zero-order valence-corrected chi connectivity index (χ0v) is 10.6. The van der Waals surface area contributed by atoms with Crippen molar-refractivity contribution in [2.45, 2.75) is 12.3 Å². The topological polar surface area (TPSA) is 73.2 Å². The standard InChI is InChI=1S/C14H17N3O2/c15-9-11(14-16-4-5-17-14)10-2-3-12-13(8-10)19-7-1-6-18-12/h2-5,8,11H,1,6-7,9,15H2,(H,16,17). The van der Waals surface area contributed by atoms with Crippen LogP contribution in [0.15, 0.2) is 30.6 Å². The molecule has 0 aliphatic carbocycles. The van der Waals surface area contributed by atoms with E-state index in [0.29, 0.717) is 19.8 Å². The quantitative estimate of drug-likeness (QED) is 0.879. The van der Waals surface area contributed by atoms with Crippen molar-refractivity contribution >= 4 is 0 Å². The summed E-state index contributed by atoms with van der Waals surface area (Å²) in [6.07, 6.45) is 4.45. The summed E-state index contributed by atoms with van der Waals surface area (Å²) in [6.45, 7) is 1.88. The van der Waals surface area contributed by atoms with Crippen molar-refractivity contribution in [3.63, 3.8) is 0 Å². The number of nitrogens with two attached hydrogens (primary N) is 1. The fraction of sp³-hybridized carbons (Fsp3) is 0.357. The van der Waals surface area contributed by atoms with Crippen LogP contribution in [0, 0.1) is 0 Å². The second-order valence-corrected chi connectivity index (χ2v) is 4.52. The number of benzene rings is 1. The molecule has 3 N–H and O–H groups in total. The van der Waals surface area contributed by atoms with Crippen molar-refractivity contribution < 1.29 is 9.47 Å². The van der Waals surface area contributed by atoms with E-state index < -0.39 is 0 Å². The first-order valence-electron chi connectivity index (χ1n) is 6.47. The molecule has 1 aromatic heterocycles. The summed E-state index contributed by atoms with van der Waals surface area (Å²) in [5.74, 6) is 2.51. The van der Waals surface area contributed by atoms with Gasteiger partial charge < -0.3 is 20.2 Å². The Bertz CT molecular complexity index is 540. The second-order valence-electron chi connectivity index (χ2n) is 4.52. The third-order valence-corrected chi connectivity index (χ3v) is 3.26. The Hall–Kier alpha value is -2.01. The lowest BCUT2D eigenvalue weighted by molar-refractivity contribution is 0.297. The molecule has 1 aromatic carbocycles. The maximum absolute atomic E-state index is 5.87. The van der Waals surface area contributed by atoms with E-state index in [2.05, 4.69) is 9.97 Å². The Labute approximate surface area is 111 Å². The Balaban J connectivity index is 1.94. The summed E-state index contributed by atoms with van der Waals surface area (Å²) in [5.41, 5.74) is 6.96. The minimum absolute atomic E-state index is 0.0483. The summed E-state index contributed by atoms with van der Waals surface area (Å²) in [5, 5.41) is 0. The smallest absolute Gasteiger partial charge is 0.161 e. The van der Waals surface area contributed by atoms with Gasteiger partial charge in [0.2, 0.25) is 0 Å². The molecule has 100 valence electrons. The highest BCUT2D eigenvalue weighted by molar-refractivity contribution is 5.45. The molecule has 1 atom stereocenters. The molecule has 0 saturated heterocycles. The number of rotatable bonds is 3. The van der Waals surface area contributed by atoms with Gasteiger partial charge in [0, 0.05) is 25.4 Å². The molecule has 3 rings (SSSR count). The molecule has 0 fully saturated rings. The van der Waals surface area contributed by atoms with Crippen LogP contribution in [0.3, 0.4) is 0 Å². The van der Waals surface area contributed by atoms with Gasteiger partial charge in [0.15, 0.2) is 11.5 Å². The van der Waals surface area contributed by atoms with Crippen LogP contribution < -0.4 is 15.2 Å². The van der Waals surface area contributed by atoms with E-state index in [1.165, 1.54) is 0 Å². The van der Waals surface area contributed by atoms with Crippen molar-refractivity contribution in [3.05, 3.63) is 42.0 Å². The van der Waals surface area contributed by atoms with E-state index >= 15 is 0 Å². The molecular weight excluding hydrogens is 242 g/mol. The Morgan fingerprint density at radius 1 is 1.26 bits per heavy atom. The van der Waals surface area contributed by atoms with Gasteiger partial charge in [-0.25, -0.2) is 4.98 Å². The fourth-order valence-corrected chi connectivity index (χ4v) is 2.27. The largest absolute Gasteiger partial charge is 0.490 e. The second kappa shape index (κ2) is 5.32. The lowest BCUT2D eigenvalue weighted by atomic mass is 9.98. The maximum atomic E-state index is 5.87. The first-order chi connectivity index (χ1) is 9.38. The van der Waals surface area contributed by atoms with E-state index in [4.69, 9.17) is 15.2 Å². The summed E-state index contributed by atoms with van der Waals surface area (Å²) in [4.78, 5) is 7.40. The first kappa shape index (κ1) is 12.0. The van der Waals surface area contributed by atoms with Gasteiger partial charge in [0.05, 0.1) is 19.1 Å². The molecule has 2 aromatic rings. The average Bonchev–Trinajstić information content (AvgIpc) is 2.85. The normalized spacial score (nSPS) is 15.8. The number of fused-ring (bicyclic) bond motifs is 1. The number of imidazole rings is 1. The van der Waals surface area contributed by atoms with Crippen LogP contribution in [0.25, 0.3) is 0 Å². The van der Waals surface area contributed by atoms with Gasteiger partial charge >= 0.3 is 0 Å². The number of aromatic nitrogens is 2. The van der Waals surface area contributed by atoms with E-state index in [9.17, 15) is 0 Å². The molecule has 19 heavy (non-hydrogen) atoms. The van der Waals surface area contributed by atoms with Gasteiger partial charge in [0.1, 0.15) is 5.82 Å². The highest BCUT2D eigenvalue weighted by Crippen LogP contribution is 2.33. The molecule has 1 unspecified atom stereocenters. The number of ether oxygens (including phenoxy) is 2. The Kier molecular flexibility index (Phi) is 3.37. The van der Waals surface area contributed by atoms with E-state index in [1.54, 1.807) is 12.4 Å². The number of aromatic amines is 1. The SMILES string of the molecule is NCC(c1ccc2c(c1)OCCCO2)c1ncc[nH]1. The van der Waals surface area contributed by atoms with Crippen LogP contribution >= 0.6 is 0 Å². The van der Waals surface area contributed by atoms with E-state index in [-0.39, 0.29) is 5.92 Å². The van der Waals surface area contributed by atoms with Gasteiger partial charge in [0.25, 0.3) is 0 Å². The minimum Gasteiger partial charge on any atom is -0.490 e. The van der Waals surface area contributed by atoms with E-state index in [0.717, 1.165) is 29.3 Å². The van der Waals surface area contributed by atoms with Crippen molar-refractivity contribution in [2.75, 3.05) is 19.8 Å². The van der Waals surface area contributed by atoms with Crippen LogP contribution in [-0.2, 0) is 0 Å². The molecule has 1 aliphatic rings. The van der Waals surface area contributed by atoms with Crippen molar-refractivity contribution in [2.24, 2.45) is 5.73 Å². The average molecular weight is 259 g/mol. The van der Waals surface area contributed by atoms with Crippen LogP contribution in [-0.4, -0.2) is 29.7 Å². The molecule has 0 bridgehead atoms. The predicted molar refractivity (Wildman–Crippen MR) is 71.5 cm³/mol. The van der Waals surface area contributed by atoms with E-state index in [1.807, 2.05) is 18.2 Å². The fourth-order valence-electron chi connectivity index (χ4n) is 2.27. The summed E-state index contributed by atoms with van der Waals surface area (Å²) in [7, 11) is 0. The molecule has 5 heteroatoms. The zero-order chi connectivity index (χ0) is 13.1.